The van der Waals surface area contributed by atoms with Crippen molar-refractivity contribution in [2.24, 2.45) is 0 Å². The molecule has 0 bridgehead atoms. The van der Waals surface area contributed by atoms with Crippen molar-refractivity contribution in [3.8, 4) is 17.0 Å². The number of halogens is 2. The highest BCUT2D eigenvalue weighted by atomic mass is 35.5. The second-order valence-corrected chi connectivity index (χ2v) is 3.79. The van der Waals surface area contributed by atoms with Gasteiger partial charge in [0.25, 0.3) is 0 Å². The van der Waals surface area contributed by atoms with E-state index < -0.39 is 5.82 Å². The van der Waals surface area contributed by atoms with E-state index in [0.717, 1.165) is 0 Å². The average Bonchev–Trinajstić information content (AvgIpc) is 2.32. The van der Waals surface area contributed by atoms with E-state index in [9.17, 15) is 4.39 Å². The Kier molecular flexibility index (Phi) is 3.15. The number of aromatic nitrogens is 1. The Morgan fingerprint density at radius 3 is 2.76 bits per heavy atom. The third-order valence-corrected chi connectivity index (χ3v) is 2.60. The van der Waals surface area contributed by atoms with Gasteiger partial charge in [0.05, 0.1) is 23.4 Å². The van der Waals surface area contributed by atoms with Crippen LogP contribution in [0.3, 0.4) is 0 Å². The van der Waals surface area contributed by atoms with Crippen molar-refractivity contribution in [2.45, 2.75) is 0 Å². The highest BCUT2D eigenvalue weighted by Crippen LogP contribution is 2.35. The van der Waals surface area contributed by atoms with Gasteiger partial charge in [0.2, 0.25) is 0 Å². The zero-order valence-corrected chi connectivity index (χ0v) is 9.83. The maximum Gasteiger partial charge on any atom is 0.136 e. The van der Waals surface area contributed by atoms with Gasteiger partial charge >= 0.3 is 0 Å². The van der Waals surface area contributed by atoms with Gasteiger partial charge < -0.3 is 10.5 Å². The molecule has 2 N–H and O–H groups in total. The Balaban J connectivity index is 2.71. The van der Waals surface area contributed by atoms with Crippen LogP contribution in [0.15, 0.2) is 30.3 Å². The molecule has 17 heavy (non-hydrogen) atoms. The van der Waals surface area contributed by atoms with Crippen LogP contribution in [0.1, 0.15) is 0 Å². The van der Waals surface area contributed by atoms with Crippen molar-refractivity contribution in [3.05, 3.63) is 41.2 Å². The minimum atomic E-state index is -0.454. The summed E-state index contributed by atoms with van der Waals surface area (Å²) in [5.74, 6) is 0.184. The fraction of sp³-hybridized carbons (Fsp3) is 0.0833. The summed E-state index contributed by atoms with van der Waals surface area (Å²) in [6, 6.07) is 7.64. The van der Waals surface area contributed by atoms with Crippen LogP contribution in [0.2, 0.25) is 5.02 Å². The molecular weight excluding hydrogens is 243 g/mol. The van der Waals surface area contributed by atoms with Gasteiger partial charge in [-0.25, -0.2) is 9.37 Å². The number of nitrogen functional groups attached to an aromatic ring is 1. The Morgan fingerprint density at radius 1 is 1.29 bits per heavy atom. The van der Waals surface area contributed by atoms with E-state index in [1.807, 2.05) is 0 Å². The first kappa shape index (κ1) is 11.7. The summed E-state index contributed by atoms with van der Waals surface area (Å²) < 4.78 is 18.9. The molecule has 0 amide bonds. The number of nitrogens with zero attached hydrogens (tertiary/aromatic N) is 1. The van der Waals surface area contributed by atoms with Crippen LogP contribution in [0, 0.1) is 5.82 Å². The van der Waals surface area contributed by atoms with E-state index in [4.69, 9.17) is 22.1 Å². The average molecular weight is 253 g/mol. The quantitative estimate of drug-likeness (QED) is 0.893. The van der Waals surface area contributed by atoms with Crippen molar-refractivity contribution in [2.75, 3.05) is 12.8 Å². The molecule has 0 saturated carbocycles. The number of pyridine rings is 1. The molecule has 0 aliphatic rings. The van der Waals surface area contributed by atoms with Crippen LogP contribution >= 0.6 is 11.6 Å². The normalized spacial score (nSPS) is 10.3. The molecule has 0 unspecified atom stereocenters. The van der Waals surface area contributed by atoms with E-state index in [1.165, 1.54) is 13.2 Å². The predicted molar refractivity (Wildman–Crippen MR) is 65.6 cm³/mol. The van der Waals surface area contributed by atoms with Gasteiger partial charge in [0, 0.05) is 0 Å². The van der Waals surface area contributed by atoms with Gasteiger partial charge in [-0.3, -0.25) is 0 Å². The maximum absolute atomic E-state index is 13.8. The first-order valence-electron chi connectivity index (χ1n) is 4.88. The third-order valence-electron chi connectivity index (χ3n) is 2.30. The largest absolute Gasteiger partial charge is 0.496 e. The molecule has 3 nitrogen and oxygen atoms in total. The molecule has 0 aliphatic carbocycles. The van der Waals surface area contributed by atoms with Gasteiger partial charge in [0.15, 0.2) is 0 Å². The van der Waals surface area contributed by atoms with Crippen LogP contribution in [-0.4, -0.2) is 12.1 Å². The van der Waals surface area contributed by atoms with Crippen LogP contribution in [0.4, 0.5) is 10.2 Å². The fourth-order valence-corrected chi connectivity index (χ4v) is 1.74. The van der Waals surface area contributed by atoms with Crippen molar-refractivity contribution < 1.29 is 9.13 Å². The topological polar surface area (TPSA) is 48.1 Å². The zero-order chi connectivity index (χ0) is 12.4. The molecule has 0 fully saturated rings. The number of rotatable bonds is 2. The lowest BCUT2D eigenvalue weighted by atomic mass is 10.1. The highest BCUT2D eigenvalue weighted by molar-refractivity contribution is 6.33. The number of nitrogens with two attached hydrogens (primary N) is 1. The Hall–Kier alpha value is -1.81. The molecule has 2 rings (SSSR count). The highest BCUT2D eigenvalue weighted by Gasteiger charge is 2.16. The molecule has 1 aromatic carbocycles. The van der Waals surface area contributed by atoms with E-state index in [0.29, 0.717) is 10.8 Å². The molecule has 0 saturated heterocycles. The molecule has 5 heteroatoms. The van der Waals surface area contributed by atoms with E-state index in [1.54, 1.807) is 24.3 Å². The summed E-state index contributed by atoms with van der Waals surface area (Å²) in [7, 11) is 1.46. The van der Waals surface area contributed by atoms with Gasteiger partial charge in [-0.2, -0.15) is 0 Å². The minimum Gasteiger partial charge on any atom is -0.496 e. The summed E-state index contributed by atoms with van der Waals surface area (Å²) in [5, 5.41) is 0.322. The fourth-order valence-electron chi connectivity index (χ4n) is 1.54. The smallest absolute Gasteiger partial charge is 0.136 e. The zero-order valence-electron chi connectivity index (χ0n) is 9.08. The Bertz CT molecular complexity index is 560. The van der Waals surface area contributed by atoms with Gasteiger partial charge in [-0.05, 0) is 24.3 Å². The second kappa shape index (κ2) is 4.59. The van der Waals surface area contributed by atoms with Crippen LogP contribution in [0.5, 0.6) is 5.75 Å². The first-order valence-corrected chi connectivity index (χ1v) is 5.26. The van der Waals surface area contributed by atoms with Crippen molar-refractivity contribution in [1.82, 2.24) is 4.98 Å². The standard InChI is InChI=1S/C12H10ClFN2O/c1-17-9-4-2-3-8(14)11(9)12-7(13)5-6-10(15)16-12/h2-6H,1H3,(H2,15,16). The number of methoxy groups -OCH3 is 1. The van der Waals surface area contributed by atoms with Crippen molar-refractivity contribution >= 4 is 17.4 Å². The summed E-state index contributed by atoms with van der Waals surface area (Å²) in [6.45, 7) is 0. The third kappa shape index (κ3) is 2.17. The lowest BCUT2D eigenvalue weighted by molar-refractivity contribution is 0.413. The second-order valence-electron chi connectivity index (χ2n) is 3.38. The molecular formula is C12H10ClFN2O. The maximum atomic E-state index is 13.8. The summed E-state index contributed by atoms with van der Waals surface area (Å²) in [5.41, 5.74) is 6.07. The summed E-state index contributed by atoms with van der Waals surface area (Å²) in [6.07, 6.45) is 0. The van der Waals surface area contributed by atoms with E-state index >= 15 is 0 Å². The Labute approximate surface area is 103 Å². The van der Waals surface area contributed by atoms with Crippen LogP contribution in [-0.2, 0) is 0 Å². The van der Waals surface area contributed by atoms with Gasteiger partial charge in [-0.1, -0.05) is 17.7 Å². The molecule has 88 valence electrons. The van der Waals surface area contributed by atoms with Gasteiger partial charge in [-0.15, -0.1) is 0 Å². The molecule has 0 spiro atoms. The molecule has 0 atom stereocenters. The number of hydrogen-bond donors (Lipinski definition) is 1. The van der Waals surface area contributed by atoms with Crippen molar-refractivity contribution in [1.29, 1.82) is 0 Å². The number of benzene rings is 1. The lowest BCUT2D eigenvalue weighted by Gasteiger charge is -2.10. The molecule has 1 heterocycles. The Morgan fingerprint density at radius 2 is 2.06 bits per heavy atom. The van der Waals surface area contributed by atoms with Crippen LogP contribution < -0.4 is 10.5 Å². The van der Waals surface area contributed by atoms with Crippen LogP contribution in [0.25, 0.3) is 11.3 Å². The number of anilines is 1. The van der Waals surface area contributed by atoms with Gasteiger partial charge in [0.1, 0.15) is 17.4 Å². The van der Waals surface area contributed by atoms with E-state index in [-0.39, 0.29) is 17.1 Å². The number of hydrogen-bond acceptors (Lipinski definition) is 3. The monoisotopic (exact) mass is 252 g/mol. The molecule has 1 aromatic heterocycles. The summed E-state index contributed by atoms with van der Waals surface area (Å²) >= 11 is 5.99. The minimum absolute atomic E-state index is 0.215. The predicted octanol–water partition coefficient (Wildman–Crippen LogP) is 3.13. The molecule has 0 aliphatic heterocycles. The van der Waals surface area contributed by atoms with E-state index in [2.05, 4.69) is 4.98 Å². The SMILES string of the molecule is COc1cccc(F)c1-c1nc(N)ccc1Cl. The first-order chi connectivity index (χ1) is 8.13. The number of ether oxygens (including phenoxy) is 1. The lowest BCUT2D eigenvalue weighted by Crippen LogP contribution is -1.97. The molecule has 0 radical (unpaired) electrons. The van der Waals surface area contributed by atoms with Crippen molar-refractivity contribution in [3.63, 3.8) is 0 Å². The summed E-state index contributed by atoms with van der Waals surface area (Å²) in [4.78, 5) is 4.04. The molecule has 2 aromatic rings.